The summed E-state index contributed by atoms with van der Waals surface area (Å²) in [6.07, 6.45) is 2.82. The molecule has 0 spiro atoms. The molecule has 96 valence electrons. The number of aryl methyl sites for hydroxylation is 2. The normalized spacial score (nSPS) is 10.6. The molecule has 2 aromatic rings. The maximum atomic E-state index is 5.32. The topological polar surface area (TPSA) is 76.7 Å². The second kappa shape index (κ2) is 5.81. The number of nitrogens with one attached hydrogen (secondary N) is 1. The highest BCUT2D eigenvalue weighted by Crippen LogP contribution is 2.27. The van der Waals surface area contributed by atoms with Crippen LogP contribution in [0.2, 0.25) is 0 Å². The van der Waals surface area contributed by atoms with E-state index in [1.807, 2.05) is 6.92 Å². The Kier molecular flexibility index (Phi) is 4.14. The molecule has 6 nitrogen and oxygen atoms in total. The van der Waals surface area contributed by atoms with E-state index < -0.39 is 0 Å². The van der Waals surface area contributed by atoms with Gasteiger partial charge in [-0.3, -0.25) is 0 Å². The van der Waals surface area contributed by atoms with Crippen LogP contribution in [0.25, 0.3) is 0 Å². The van der Waals surface area contributed by atoms with Crippen LogP contribution in [0.3, 0.4) is 0 Å². The predicted molar refractivity (Wildman–Crippen MR) is 68.7 cm³/mol. The van der Waals surface area contributed by atoms with Gasteiger partial charge in [-0.2, -0.15) is 0 Å². The number of anilines is 1. The Hall–Kier alpha value is -1.63. The Balaban J connectivity index is 2.15. The fraction of sp³-hybridized carbons (Fsp3) is 0.455. The van der Waals surface area contributed by atoms with Crippen molar-refractivity contribution >= 4 is 17.7 Å². The molecule has 0 aliphatic rings. The molecule has 0 aromatic carbocycles. The third-order valence-electron chi connectivity index (χ3n) is 2.15. The van der Waals surface area contributed by atoms with Gasteiger partial charge < -0.3 is 9.73 Å². The van der Waals surface area contributed by atoms with Gasteiger partial charge in [0.25, 0.3) is 5.22 Å². The van der Waals surface area contributed by atoms with Crippen molar-refractivity contribution in [3.63, 3.8) is 0 Å². The molecule has 1 N–H and O–H groups in total. The molecule has 0 aliphatic heterocycles. The summed E-state index contributed by atoms with van der Waals surface area (Å²) in [5, 5.41) is 12.2. The Bertz CT molecular complexity index is 528. The largest absolute Gasteiger partial charge is 0.416 e. The van der Waals surface area contributed by atoms with Gasteiger partial charge in [-0.15, -0.1) is 10.2 Å². The van der Waals surface area contributed by atoms with E-state index in [0.29, 0.717) is 17.1 Å². The van der Waals surface area contributed by atoms with Gasteiger partial charge in [0.05, 0.1) is 0 Å². The van der Waals surface area contributed by atoms with Gasteiger partial charge in [-0.05, 0) is 25.1 Å². The van der Waals surface area contributed by atoms with Crippen molar-refractivity contribution in [1.82, 2.24) is 20.2 Å². The van der Waals surface area contributed by atoms with Crippen LogP contribution in [-0.2, 0) is 0 Å². The van der Waals surface area contributed by atoms with Crippen molar-refractivity contribution in [2.24, 2.45) is 0 Å². The van der Waals surface area contributed by atoms with E-state index in [1.54, 1.807) is 13.1 Å². The van der Waals surface area contributed by atoms with Gasteiger partial charge in [0.2, 0.25) is 11.8 Å². The van der Waals surface area contributed by atoms with Crippen molar-refractivity contribution in [2.45, 2.75) is 37.4 Å². The van der Waals surface area contributed by atoms with E-state index in [1.165, 1.54) is 11.8 Å². The van der Waals surface area contributed by atoms with Gasteiger partial charge in [0.15, 0.2) is 0 Å². The van der Waals surface area contributed by atoms with Gasteiger partial charge in [-0.1, -0.05) is 6.92 Å². The Morgan fingerprint density at radius 3 is 2.83 bits per heavy atom. The number of nitrogens with zero attached hydrogens (tertiary/aromatic N) is 4. The molecule has 0 bridgehead atoms. The van der Waals surface area contributed by atoms with Crippen molar-refractivity contribution < 1.29 is 4.42 Å². The average molecular weight is 265 g/mol. The van der Waals surface area contributed by atoms with E-state index >= 15 is 0 Å². The minimum atomic E-state index is 0.496. The molecule has 0 fully saturated rings. The highest BCUT2D eigenvalue weighted by atomic mass is 32.2. The molecule has 0 radical (unpaired) electrons. The second-order valence-electron chi connectivity index (χ2n) is 3.80. The van der Waals surface area contributed by atoms with Crippen LogP contribution >= 0.6 is 11.8 Å². The summed E-state index contributed by atoms with van der Waals surface area (Å²) >= 11 is 1.35. The first kappa shape index (κ1) is 12.8. The molecule has 0 saturated carbocycles. The molecule has 0 atom stereocenters. The highest BCUT2D eigenvalue weighted by Gasteiger charge is 2.10. The molecule has 2 rings (SSSR count). The SMILES string of the molecule is CCCNc1ncc(C)c(Sc2nnc(C)o2)n1. The van der Waals surface area contributed by atoms with Crippen LogP contribution in [0, 0.1) is 13.8 Å². The van der Waals surface area contributed by atoms with Crippen LogP contribution in [0.5, 0.6) is 0 Å². The predicted octanol–water partition coefficient (Wildman–Crippen LogP) is 2.45. The number of aromatic nitrogens is 4. The van der Waals surface area contributed by atoms with Crippen LogP contribution in [0.4, 0.5) is 5.95 Å². The monoisotopic (exact) mass is 265 g/mol. The maximum absolute atomic E-state index is 5.32. The molecule has 2 heterocycles. The van der Waals surface area contributed by atoms with Crippen LogP contribution in [-0.4, -0.2) is 26.7 Å². The lowest BCUT2D eigenvalue weighted by atomic mass is 10.4. The molecule has 0 unspecified atom stereocenters. The molecule has 0 aliphatic carbocycles. The zero-order valence-corrected chi connectivity index (χ0v) is 11.4. The Morgan fingerprint density at radius 1 is 1.33 bits per heavy atom. The quantitative estimate of drug-likeness (QED) is 0.832. The third kappa shape index (κ3) is 3.19. The summed E-state index contributed by atoms with van der Waals surface area (Å²) in [7, 11) is 0. The summed E-state index contributed by atoms with van der Waals surface area (Å²) < 4.78 is 5.32. The van der Waals surface area contributed by atoms with Gasteiger partial charge in [0, 0.05) is 25.2 Å². The summed E-state index contributed by atoms with van der Waals surface area (Å²) in [5.41, 5.74) is 0.984. The first-order valence-electron chi connectivity index (χ1n) is 5.74. The zero-order valence-electron chi connectivity index (χ0n) is 10.6. The maximum Gasteiger partial charge on any atom is 0.282 e. The fourth-order valence-corrected chi connectivity index (χ4v) is 2.01. The zero-order chi connectivity index (χ0) is 13.0. The Morgan fingerprint density at radius 2 is 2.17 bits per heavy atom. The van der Waals surface area contributed by atoms with Crippen molar-refractivity contribution in [1.29, 1.82) is 0 Å². The number of hydrogen-bond donors (Lipinski definition) is 1. The first-order valence-corrected chi connectivity index (χ1v) is 6.56. The standard InChI is InChI=1S/C11H15N5OS/c1-4-5-12-10-13-6-7(2)9(14-10)18-11-16-15-8(3)17-11/h6H,4-5H2,1-3H3,(H,12,13,14). The van der Waals surface area contributed by atoms with E-state index in [0.717, 1.165) is 23.6 Å². The number of rotatable bonds is 5. The molecule has 18 heavy (non-hydrogen) atoms. The van der Waals surface area contributed by atoms with Crippen LogP contribution in [0.1, 0.15) is 24.8 Å². The van der Waals surface area contributed by atoms with Crippen molar-refractivity contribution in [2.75, 3.05) is 11.9 Å². The molecule has 7 heteroatoms. The van der Waals surface area contributed by atoms with E-state index in [4.69, 9.17) is 4.42 Å². The lowest BCUT2D eigenvalue weighted by molar-refractivity contribution is 0.429. The van der Waals surface area contributed by atoms with Crippen LogP contribution < -0.4 is 5.32 Å². The summed E-state index contributed by atoms with van der Waals surface area (Å²) in [4.78, 5) is 8.65. The fourth-order valence-electron chi connectivity index (χ4n) is 1.25. The molecular weight excluding hydrogens is 250 g/mol. The Labute approximate surface area is 110 Å². The summed E-state index contributed by atoms with van der Waals surface area (Å²) in [6.45, 7) is 6.66. The highest BCUT2D eigenvalue weighted by molar-refractivity contribution is 7.99. The minimum absolute atomic E-state index is 0.496. The van der Waals surface area contributed by atoms with Crippen LogP contribution in [0.15, 0.2) is 20.9 Å². The summed E-state index contributed by atoms with van der Waals surface area (Å²) in [6, 6.07) is 0. The molecular formula is C11H15N5OS. The third-order valence-corrected chi connectivity index (χ3v) is 3.10. The van der Waals surface area contributed by atoms with E-state index in [-0.39, 0.29) is 0 Å². The summed E-state index contributed by atoms with van der Waals surface area (Å²) in [5.74, 6) is 1.18. The van der Waals surface area contributed by atoms with Gasteiger partial charge in [0.1, 0.15) is 5.03 Å². The van der Waals surface area contributed by atoms with Gasteiger partial charge >= 0.3 is 0 Å². The van der Waals surface area contributed by atoms with E-state index in [2.05, 4.69) is 32.4 Å². The van der Waals surface area contributed by atoms with Gasteiger partial charge in [-0.25, -0.2) is 9.97 Å². The van der Waals surface area contributed by atoms with E-state index in [9.17, 15) is 0 Å². The second-order valence-corrected chi connectivity index (χ2v) is 4.74. The minimum Gasteiger partial charge on any atom is -0.416 e. The molecule has 0 amide bonds. The van der Waals surface area contributed by atoms with Crippen molar-refractivity contribution in [3.8, 4) is 0 Å². The lowest BCUT2D eigenvalue weighted by Gasteiger charge is -2.06. The van der Waals surface area contributed by atoms with Crippen molar-refractivity contribution in [3.05, 3.63) is 17.7 Å². The molecule has 2 aromatic heterocycles. The lowest BCUT2D eigenvalue weighted by Crippen LogP contribution is -2.05. The first-order chi connectivity index (χ1) is 8.69. The smallest absolute Gasteiger partial charge is 0.282 e. The number of hydrogen-bond acceptors (Lipinski definition) is 7. The average Bonchev–Trinajstić information content (AvgIpc) is 2.76. The molecule has 0 saturated heterocycles.